The zero-order valence-electron chi connectivity index (χ0n) is 19.5. The summed E-state index contributed by atoms with van der Waals surface area (Å²) in [6.45, 7) is 4.04. The highest BCUT2D eigenvalue weighted by atomic mass is 32.2. The average molecular weight is 509 g/mol. The van der Waals surface area contributed by atoms with Gasteiger partial charge >= 0.3 is 0 Å². The number of hydrogen-bond acceptors (Lipinski definition) is 8. The number of carbonyl (C=O) groups is 2. The molecule has 0 spiro atoms. The summed E-state index contributed by atoms with van der Waals surface area (Å²) >= 11 is 2.69. The molecule has 2 aromatic carbocycles. The van der Waals surface area contributed by atoms with E-state index in [2.05, 4.69) is 0 Å². The number of phenols is 1. The van der Waals surface area contributed by atoms with Crippen molar-refractivity contribution < 1.29 is 28.9 Å². The van der Waals surface area contributed by atoms with Crippen LogP contribution in [-0.2, 0) is 9.59 Å². The van der Waals surface area contributed by atoms with Crippen LogP contribution in [0.4, 0.5) is 0 Å². The van der Waals surface area contributed by atoms with Crippen LogP contribution in [0.2, 0.25) is 0 Å². The molecule has 2 atom stereocenters. The maximum absolute atomic E-state index is 13.8. The van der Waals surface area contributed by atoms with Crippen LogP contribution < -0.4 is 14.2 Å². The Kier molecular flexibility index (Phi) is 6.42. The first-order valence-electron chi connectivity index (χ1n) is 11.2. The lowest BCUT2D eigenvalue weighted by Gasteiger charge is -2.30. The van der Waals surface area contributed by atoms with Crippen molar-refractivity contribution in [3.05, 3.63) is 74.6 Å². The Bertz CT molecular complexity index is 1320. The fourth-order valence-electron chi connectivity index (χ4n) is 4.66. The monoisotopic (exact) mass is 508 g/mol. The molecule has 3 aliphatic rings. The maximum Gasteiger partial charge on any atom is 0.231 e. The number of thioether (sulfide) groups is 2. The third-order valence-electron chi connectivity index (χ3n) is 6.24. The summed E-state index contributed by atoms with van der Waals surface area (Å²) in [5.41, 5.74) is 3.13. The Morgan fingerprint density at radius 2 is 2.00 bits per heavy atom. The van der Waals surface area contributed by atoms with E-state index >= 15 is 0 Å². The standard InChI is InChI=1S/C27H24O6S2/c1-4-34-27(30)23-14(2)9-21-25(24(23)16-6-8-18-20(12-16)33-13-32-18)26(29)22(35-21)11-15-5-7-17(28)19(10-15)31-3/h5-12,24-25,28H,4,13H2,1-3H3/b22-11+. The Hall–Kier alpha value is -3.10. The Labute approximate surface area is 212 Å². The van der Waals surface area contributed by atoms with Crippen LogP contribution in [0.25, 0.3) is 6.08 Å². The maximum atomic E-state index is 13.8. The minimum atomic E-state index is -0.495. The summed E-state index contributed by atoms with van der Waals surface area (Å²) in [6, 6.07) is 10.6. The van der Waals surface area contributed by atoms with Gasteiger partial charge in [-0.15, -0.1) is 0 Å². The molecule has 8 heteroatoms. The van der Waals surface area contributed by atoms with E-state index in [0.717, 1.165) is 21.6 Å². The number of carbonyl (C=O) groups excluding carboxylic acids is 2. The predicted molar refractivity (Wildman–Crippen MR) is 138 cm³/mol. The van der Waals surface area contributed by atoms with E-state index in [4.69, 9.17) is 14.2 Å². The second-order valence-corrected chi connectivity index (χ2v) is 10.7. The number of rotatable bonds is 5. The van der Waals surface area contributed by atoms with Gasteiger partial charge in [0, 0.05) is 16.4 Å². The van der Waals surface area contributed by atoms with Gasteiger partial charge in [-0.05, 0) is 65.8 Å². The lowest BCUT2D eigenvalue weighted by Crippen LogP contribution is -2.27. The fraction of sp³-hybridized carbons (Fsp3) is 0.259. The number of aromatic hydroxyl groups is 1. The number of phenolic OH excluding ortho intramolecular Hbond substituents is 1. The van der Waals surface area contributed by atoms with Crippen LogP contribution in [0.1, 0.15) is 30.9 Å². The summed E-state index contributed by atoms with van der Waals surface area (Å²) in [4.78, 5) is 28.6. The molecule has 1 saturated heterocycles. The highest BCUT2D eigenvalue weighted by Gasteiger charge is 2.46. The summed E-state index contributed by atoms with van der Waals surface area (Å²) in [7, 11) is 1.48. The van der Waals surface area contributed by atoms with Gasteiger partial charge in [-0.25, -0.2) is 0 Å². The molecule has 5 rings (SSSR count). The molecule has 6 nitrogen and oxygen atoms in total. The topological polar surface area (TPSA) is 82.1 Å². The van der Waals surface area contributed by atoms with Gasteiger partial charge in [0.2, 0.25) is 11.9 Å². The lowest BCUT2D eigenvalue weighted by molar-refractivity contribution is -0.117. The molecule has 0 amide bonds. The number of methoxy groups -OCH3 is 1. The second-order valence-electron chi connectivity index (χ2n) is 8.34. The highest BCUT2D eigenvalue weighted by molar-refractivity contribution is 8.14. The molecular weight excluding hydrogens is 484 g/mol. The number of fused-ring (bicyclic) bond motifs is 2. The normalized spacial score (nSPS) is 21.9. The van der Waals surface area contributed by atoms with Crippen LogP contribution in [0, 0.1) is 5.92 Å². The van der Waals surface area contributed by atoms with Gasteiger partial charge in [0.1, 0.15) is 0 Å². The van der Waals surface area contributed by atoms with E-state index in [1.807, 2.05) is 44.2 Å². The van der Waals surface area contributed by atoms with Gasteiger partial charge < -0.3 is 19.3 Å². The zero-order chi connectivity index (χ0) is 24.7. The predicted octanol–water partition coefficient (Wildman–Crippen LogP) is 5.68. The van der Waals surface area contributed by atoms with E-state index < -0.39 is 11.8 Å². The van der Waals surface area contributed by atoms with Crippen molar-refractivity contribution in [2.75, 3.05) is 19.7 Å². The van der Waals surface area contributed by atoms with Gasteiger partial charge in [-0.1, -0.05) is 42.6 Å². The number of allylic oxidation sites excluding steroid dienone is 4. The summed E-state index contributed by atoms with van der Waals surface area (Å²) in [5, 5.41) is 9.90. The van der Waals surface area contributed by atoms with E-state index in [-0.39, 0.29) is 23.4 Å². The average Bonchev–Trinajstić information content (AvgIpc) is 3.43. The van der Waals surface area contributed by atoms with Crippen LogP contribution in [0.15, 0.2) is 63.4 Å². The van der Waals surface area contributed by atoms with Gasteiger partial charge in [-0.2, -0.15) is 0 Å². The minimum absolute atomic E-state index is 0.0125. The lowest BCUT2D eigenvalue weighted by atomic mass is 9.73. The first kappa shape index (κ1) is 23.6. The molecule has 0 bridgehead atoms. The van der Waals surface area contributed by atoms with Crippen molar-refractivity contribution in [2.45, 2.75) is 19.8 Å². The minimum Gasteiger partial charge on any atom is -0.504 e. The number of hydrogen-bond donors (Lipinski definition) is 1. The Morgan fingerprint density at radius 3 is 2.77 bits per heavy atom. The number of ketones is 1. The van der Waals surface area contributed by atoms with Crippen LogP contribution >= 0.6 is 23.5 Å². The van der Waals surface area contributed by atoms with Crippen LogP contribution in [0.5, 0.6) is 23.0 Å². The third-order valence-corrected chi connectivity index (χ3v) is 8.16. The Morgan fingerprint density at radius 1 is 1.20 bits per heavy atom. The smallest absolute Gasteiger partial charge is 0.231 e. The SMILES string of the molecule is CCSC(=O)C1=C(C)C=C2S/C(=C/c3ccc(O)c(OC)c3)C(=O)C2C1c1ccc2c(c1)OCO2. The van der Waals surface area contributed by atoms with Crippen molar-refractivity contribution in [3.63, 3.8) is 0 Å². The second kappa shape index (κ2) is 9.51. The molecule has 180 valence electrons. The molecule has 2 heterocycles. The number of benzene rings is 2. The molecule has 35 heavy (non-hydrogen) atoms. The van der Waals surface area contributed by atoms with E-state index in [1.54, 1.807) is 18.2 Å². The molecule has 2 unspecified atom stereocenters. The van der Waals surface area contributed by atoms with Crippen molar-refractivity contribution in [2.24, 2.45) is 5.92 Å². The molecule has 1 aliphatic carbocycles. The first-order chi connectivity index (χ1) is 16.9. The molecule has 2 aromatic rings. The Balaban J connectivity index is 1.58. The molecule has 0 aromatic heterocycles. The first-order valence-corrected chi connectivity index (χ1v) is 13.0. The van der Waals surface area contributed by atoms with E-state index in [9.17, 15) is 14.7 Å². The zero-order valence-corrected chi connectivity index (χ0v) is 21.1. The quantitative estimate of drug-likeness (QED) is 0.517. The van der Waals surface area contributed by atoms with Gasteiger partial charge in [0.05, 0.1) is 17.9 Å². The molecule has 2 aliphatic heterocycles. The van der Waals surface area contributed by atoms with Gasteiger partial charge in [0.15, 0.2) is 28.8 Å². The molecule has 0 radical (unpaired) electrons. The van der Waals surface area contributed by atoms with Crippen molar-refractivity contribution in [1.82, 2.24) is 0 Å². The third kappa shape index (κ3) is 4.25. The van der Waals surface area contributed by atoms with Crippen molar-refractivity contribution in [3.8, 4) is 23.0 Å². The largest absolute Gasteiger partial charge is 0.504 e. The van der Waals surface area contributed by atoms with Crippen LogP contribution in [0.3, 0.4) is 0 Å². The fourth-order valence-corrected chi connectivity index (χ4v) is 6.65. The van der Waals surface area contributed by atoms with Crippen LogP contribution in [-0.4, -0.2) is 35.7 Å². The van der Waals surface area contributed by atoms with Gasteiger partial charge in [0.25, 0.3) is 0 Å². The molecule has 1 N–H and O–H groups in total. The van der Waals surface area contributed by atoms with E-state index in [0.29, 0.717) is 33.5 Å². The molecular formula is C27H24O6S2. The summed E-state index contributed by atoms with van der Waals surface area (Å²) < 4.78 is 16.3. The summed E-state index contributed by atoms with van der Waals surface area (Å²) in [6.07, 6.45) is 3.78. The molecule has 1 fully saturated rings. The van der Waals surface area contributed by atoms with Gasteiger partial charge in [-0.3, -0.25) is 9.59 Å². The number of Topliss-reactive ketones (excluding diaryl/α,β-unsaturated/α-hetero) is 1. The highest BCUT2D eigenvalue weighted by Crippen LogP contribution is 2.55. The number of ether oxygens (including phenoxy) is 3. The van der Waals surface area contributed by atoms with Crippen molar-refractivity contribution >= 4 is 40.5 Å². The van der Waals surface area contributed by atoms with E-state index in [1.165, 1.54) is 30.6 Å². The molecule has 0 saturated carbocycles. The van der Waals surface area contributed by atoms with Crippen molar-refractivity contribution in [1.29, 1.82) is 0 Å². The summed E-state index contributed by atoms with van der Waals surface area (Å²) in [5.74, 6) is 1.36.